The summed E-state index contributed by atoms with van der Waals surface area (Å²) in [6.45, 7) is 43.9. The molecule has 0 spiro atoms. The van der Waals surface area contributed by atoms with Gasteiger partial charge in [-0.2, -0.15) is 0 Å². The van der Waals surface area contributed by atoms with Crippen LogP contribution in [-0.2, 0) is 68.2 Å². The van der Waals surface area contributed by atoms with E-state index in [1.54, 1.807) is 30.3 Å². The van der Waals surface area contributed by atoms with E-state index in [9.17, 15) is 24.0 Å². The summed E-state index contributed by atoms with van der Waals surface area (Å²) in [4.78, 5) is 107. The maximum Gasteiger partial charge on any atom is 0.229 e. The van der Waals surface area contributed by atoms with Gasteiger partial charge in [-0.15, -0.1) is 0 Å². The van der Waals surface area contributed by atoms with Gasteiger partial charge in [0.15, 0.2) is 28.2 Å². The number of anilines is 5. The summed E-state index contributed by atoms with van der Waals surface area (Å²) < 4.78 is 49.6. The summed E-state index contributed by atoms with van der Waals surface area (Å²) in [5.74, 6) is 2.04. The van der Waals surface area contributed by atoms with Gasteiger partial charge in [-0.05, 0) is 276 Å². The minimum absolute atomic E-state index is 0.00287. The summed E-state index contributed by atoms with van der Waals surface area (Å²) in [6.07, 6.45) is 13.2. The highest BCUT2D eigenvalue weighted by Gasteiger charge is 2.36. The second-order valence-electron chi connectivity index (χ2n) is 39.0. The number of hydrogen-bond donors (Lipinski definition) is 5. The molecule has 10 aromatic heterocycles. The Balaban J connectivity index is 0.000000154. The molecule has 1 unspecified atom stereocenters. The number of fused-ring (bicyclic) bond motifs is 5. The van der Waals surface area contributed by atoms with Crippen molar-refractivity contribution in [3.63, 3.8) is 0 Å². The lowest BCUT2D eigenvalue weighted by atomic mass is 9.93. The van der Waals surface area contributed by atoms with Gasteiger partial charge in [-0.25, -0.2) is 49.8 Å². The lowest BCUT2D eigenvalue weighted by Gasteiger charge is -2.35. The number of halogens is 4. The van der Waals surface area contributed by atoms with Crippen LogP contribution < -0.4 is 26.6 Å². The van der Waals surface area contributed by atoms with Crippen LogP contribution in [0.4, 0.5) is 29.7 Å². The van der Waals surface area contributed by atoms with E-state index in [-0.39, 0.29) is 112 Å². The fraction of sp³-hybridized carbons (Fsp3) is 0.615. The van der Waals surface area contributed by atoms with Crippen molar-refractivity contribution in [3.05, 3.63) is 87.0 Å². The Kier molecular flexibility index (Phi) is 32.7. The van der Waals surface area contributed by atoms with Crippen molar-refractivity contribution in [2.75, 3.05) is 72.8 Å². The van der Waals surface area contributed by atoms with E-state index in [4.69, 9.17) is 79.6 Å². The van der Waals surface area contributed by atoms with Crippen molar-refractivity contribution < 1.29 is 57.1 Å². The molecule has 10 aromatic rings. The lowest BCUT2D eigenvalue weighted by molar-refractivity contribution is -0.131. The van der Waals surface area contributed by atoms with Crippen LogP contribution >= 0.6 is 46.4 Å². The van der Waals surface area contributed by atoms with Crippen molar-refractivity contribution in [2.24, 2.45) is 0 Å². The molecule has 15 rings (SSSR count). The predicted molar refractivity (Wildman–Crippen MR) is 498 cm³/mol. The molecule has 5 fully saturated rings. The smallest absolute Gasteiger partial charge is 0.229 e. The van der Waals surface area contributed by atoms with Crippen molar-refractivity contribution in [2.45, 2.75) is 317 Å². The van der Waals surface area contributed by atoms with E-state index < -0.39 is 0 Å². The fourth-order valence-electron chi connectivity index (χ4n) is 15.5. The second-order valence-corrected chi connectivity index (χ2v) is 40.5. The van der Waals surface area contributed by atoms with Gasteiger partial charge in [0, 0.05) is 61.3 Å². The molecule has 692 valence electrons. The molecule has 1 aliphatic carbocycles. The van der Waals surface area contributed by atoms with E-state index in [2.05, 4.69) is 109 Å². The Bertz CT molecular complexity index is 5340. The third kappa shape index (κ3) is 28.4. The van der Waals surface area contributed by atoms with Crippen molar-refractivity contribution in [1.29, 1.82) is 0 Å². The van der Waals surface area contributed by atoms with Crippen LogP contribution in [-0.4, -0.2) is 189 Å². The van der Waals surface area contributed by atoms with Crippen molar-refractivity contribution >= 4 is 162 Å². The Morgan fingerprint density at radius 3 is 1.00 bits per heavy atom. The number of carbonyl (C=O) groups excluding carboxylic acids is 5. The number of nitrogens with zero attached hydrogens (tertiary/aromatic N) is 15. The second kappa shape index (κ2) is 42.0. The normalized spacial score (nSPS) is 17.7. The number of ether oxygens (including phenoxy) is 7. The maximum atomic E-state index is 12.6. The lowest BCUT2D eigenvalue weighted by Crippen LogP contribution is -2.37. The van der Waals surface area contributed by atoms with Crippen molar-refractivity contribution in [1.82, 2.24) is 72.7 Å². The predicted octanol–water partition coefficient (Wildman–Crippen LogP) is 19.4. The first kappa shape index (κ1) is 98.9. The number of aryl methyl sites for hydroxylation is 1. The first-order valence-corrected chi connectivity index (χ1v) is 45.6. The van der Waals surface area contributed by atoms with E-state index in [0.717, 1.165) is 87.5 Å². The molecular formula is C91H128Cl4N20O12. The zero-order valence-corrected chi connectivity index (χ0v) is 80.3. The molecule has 4 aliphatic heterocycles. The molecule has 2 atom stereocenters. The van der Waals surface area contributed by atoms with Crippen LogP contribution in [0.25, 0.3) is 55.8 Å². The van der Waals surface area contributed by atoms with E-state index >= 15 is 0 Å². The average molecular weight is 1840 g/mol. The number of imidazole rings is 5. The molecule has 5 amide bonds. The number of aromatic nitrogens is 15. The highest BCUT2D eigenvalue weighted by Crippen LogP contribution is 2.40. The minimum Gasteiger partial charge on any atom is -0.381 e. The number of pyridine rings is 5. The van der Waals surface area contributed by atoms with Crippen LogP contribution in [0.2, 0.25) is 20.6 Å². The molecule has 127 heavy (non-hydrogen) atoms. The summed E-state index contributed by atoms with van der Waals surface area (Å²) in [7, 11) is 0. The van der Waals surface area contributed by atoms with Gasteiger partial charge in [0.05, 0.1) is 92.1 Å². The number of hydrogen-bond acceptors (Lipinski definition) is 22. The standard InChI is InChI=1S/C19H27ClN4O2.C19H26N4O2.2C18H25ClN4O3.C17H25ClN4O2/c1-18(2,3)24-16-13(8-9-14(20)22-16)21-17(24)23-15(25)11-12-7-6-10-19(4,5)26-12;1-12-7-8-15-17(20-12)23(13-5-4-6-13)18(21-15)22-16(24)11-14-9-10-19(2,3)25-14;2*1-18(2,3)26-11-8-15(24)22-17-20-13-4-5-14(19)21-16(13)23(17)12-6-9-25-10-7-12;1-16(2,3)22-14-11(7-8-12(18)20-14)19-15(22)21-13(23)9-10-24-17(4,5)6/h8-9,12H,6-7,10-11H2,1-5H3,(H,21,23,25);7-8,13-14H,4-6,9-11H2,1-3H3,(H,21,22,24);2*4-5,12H,6-11H2,1-3H3,(H,20,22,24);7-8H,9-10H2,1-6H3,(H,19,21,23)/t12-;;;;/m1..../s1. The molecule has 0 bridgehead atoms. The molecule has 32 nitrogen and oxygen atoms in total. The molecule has 0 aromatic carbocycles. The van der Waals surface area contributed by atoms with Crippen molar-refractivity contribution in [3.8, 4) is 0 Å². The molecular weight excluding hydrogens is 1710 g/mol. The summed E-state index contributed by atoms with van der Waals surface area (Å²) >= 11 is 24.2. The molecule has 5 N–H and O–H groups in total. The van der Waals surface area contributed by atoms with Crippen LogP contribution in [0.1, 0.15) is 265 Å². The quantitative estimate of drug-likeness (QED) is 0.0417. The van der Waals surface area contributed by atoms with Gasteiger partial charge < -0.3 is 33.2 Å². The Morgan fingerprint density at radius 2 is 0.669 bits per heavy atom. The minimum atomic E-state index is -0.309. The summed E-state index contributed by atoms with van der Waals surface area (Å²) in [6, 6.07) is 18.7. The van der Waals surface area contributed by atoms with Gasteiger partial charge in [0.25, 0.3) is 0 Å². The third-order valence-corrected chi connectivity index (χ3v) is 22.4. The van der Waals surface area contributed by atoms with E-state index in [1.807, 2.05) is 159 Å². The van der Waals surface area contributed by atoms with Crippen LogP contribution in [0, 0.1) is 6.92 Å². The monoisotopic (exact) mass is 1830 g/mol. The largest absolute Gasteiger partial charge is 0.381 e. The molecule has 5 aliphatic rings. The zero-order valence-electron chi connectivity index (χ0n) is 77.2. The number of amides is 5. The van der Waals surface area contributed by atoms with Crippen LogP contribution in [0.15, 0.2) is 60.7 Å². The summed E-state index contributed by atoms with van der Waals surface area (Å²) in [5, 5.41) is 16.3. The highest BCUT2D eigenvalue weighted by molar-refractivity contribution is 6.30. The molecule has 0 radical (unpaired) electrons. The van der Waals surface area contributed by atoms with E-state index in [1.165, 1.54) is 6.42 Å². The zero-order chi connectivity index (χ0) is 92.3. The molecule has 1 saturated carbocycles. The Morgan fingerprint density at radius 1 is 0.370 bits per heavy atom. The summed E-state index contributed by atoms with van der Waals surface area (Å²) in [5.41, 5.74) is 6.48. The van der Waals surface area contributed by atoms with Gasteiger partial charge in [-0.3, -0.25) is 73.4 Å². The average Bonchev–Trinajstić information content (AvgIpc) is 1.65. The Labute approximate surface area is 763 Å². The highest BCUT2D eigenvalue weighted by atomic mass is 35.5. The molecule has 4 saturated heterocycles. The Hall–Kier alpha value is -8.67. The number of carbonyl (C=O) groups is 5. The SMILES string of the molecule is CC(C)(C)OCCC(=O)Nc1nc2ccc(Cl)nc2n1C(C)(C)C.CC(C)(C)OCCC(=O)Nc1nc2ccc(Cl)nc2n1C1CCOCC1.CC(C)(C)OCCC(=O)Nc1nc2ccc(Cl)nc2n1C1CCOCC1.CC1(C)CCC[C@H](CC(=O)Nc2nc3ccc(Cl)nc3n2C(C)(C)C)O1.Cc1ccc2nc(NC(=O)CC3CCC(C)(C)O3)n(C3CCC3)c2n1. The van der Waals surface area contributed by atoms with Gasteiger partial charge in [-0.1, -0.05) is 46.4 Å². The maximum absolute atomic E-state index is 12.6. The third-order valence-electron chi connectivity index (χ3n) is 21.5. The topological polar surface area (TPSA) is 364 Å². The molecule has 14 heterocycles. The number of nitrogens with one attached hydrogen (secondary N) is 5. The first-order chi connectivity index (χ1) is 59.6. The van der Waals surface area contributed by atoms with Gasteiger partial charge in [0.2, 0.25) is 59.3 Å². The molecule has 36 heteroatoms. The van der Waals surface area contributed by atoms with Gasteiger partial charge in [0.1, 0.15) is 48.2 Å². The van der Waals surface area contributed by atoms with Crippen LogP contribution in [0.3, 0.4) is 0 Å². The number of rotatable bonds is 21. The van der Waals surface area contributed by atoms with E-state index in [0.29, 0.717) is 160 Å². The first-order valence-electron chi connectivity index (χ1n) is 44.1. The van der Waals surface area contributed by atoms with Gasteiger partial charge >= 0.3 is 0 Å². The van der Waals surface area contributed by atoms with Crippen LogP contribution in [0.5, 0.6) is 0 Å². The fourth-order valence-corrected chi connectivity index (χ4v) is 16.0.